The molecule has 0 radical (unpaired) electrons. The molecule has 37 heavy (non-hydrogen) atoms. The lowest BCUT2D eigenvalue weighted by Gasteiger charge is -2.19. The number of carbonyl (C=O) groups excluding carboxylic acids is 2. The van der Waals surface area contributed by atoms with E-state index in [-0.39, 0.29) is 17.1 Å². The van der Waals surface area contributed by atoms with Gasteiger partial charge in [0.05, 0.1) is 48.9 Å². The van der Waals surface area contributed by atoms with Gasteiger partial charge in [-0.3, -0.25) is 9.69 Å². The minimum atomic E-state index is -0.605. The third kappa shape index (κ3) is 4.61. The Kier molecular flexibility index (Phi) is 7.39. The second-order valence-corrected chi connectivity index (χ2v) is 9.29. The van der Waals surface area contributed by atoms with Crippen molar-refractivity contribution in [3.63, 3.8) is 0 Å². The number of aromatic nitrogens is 1. The number of rotatable bonds is 6. The minimum absolute atomic E-state index is 0.188. The van der Waals surface area contributed by atoms with Crippen LogP contribution in [0.15, 0.2) is 59.3 Å². The third-order valence-corrected chi connectivity index (χ3v) is 6.89. The summed E-state index contributed by atoms with van der Waals surface area (Å²) < 4.78 is 17.7. The Morgan fingerprint density at radius 2 is 1.62 bits per heavy atom. The van der Waals surface area contributed by atoms with Crippen molar-refractivity contribution >= 4 is 46.8 Å². The van der Waals surface area contributed by atoms with Gasteiger partial charge >= 0.3 is 5.97 Å². The zero-order chi connectivity index (χ0) is 27.0. The van der Waals surface area contributed by atoms with Crippen molar-refractivity contribution in [2.75, 3.05) is 26.2 Å². The van der Waals surface area contributed by atoms with Gasteiger partial charge in [0.15, 0.2) is 11.5 Å². The van der Waals surface area contributed by atoms with Crippen LogP contribution in [0.4, 0.5) is 5.69 Å². The number of hydrogen-bond acceptors (Lipinski definition) is 5. The van der Waals surface area contributed by atoms with Crippen LogP contribution in [-0.4, -0.2) is 37.8 Å². The van der Waals surface area contributed by atoms with Gasteiger partial charge in [0, 0.05) is 28.2 Å². The molecule has 0 N–H and O–H groups in total. The Morgan fingerprint density at radius 1 is 0.919 bits per heavy atom. The molecular weight excluding hydrogens is 515 g/mol. The first kappa shape index (κ1) is 26.4. The largest absolute Gasteiger partial charge is 0.493 e. The average molecular weight is 541 g/mol. The standard InChI is InChI=1S/C28H26Cl2N2O5/c1-15-11-18(16(2)31(15)23-13-19(29)7-9-22(23)30)12-21-26(28(34)37-6)17(3)32(27(21)33)20-8-10-24(35-4)25(14-20)36-5/h7-14H,1-6H3/b21-12-. The molecule has 2 aromatic carbocycles. The number of carbonyl (C=O) groups is 2. The highest BCUT2D eigenvalue weighted by molar-refractivity contribution is 6.34. The first-order chi connectivity index (χ1) is 17.6. The molecule has 0 atom stereocenters. The number of anilines is 1. The fourth-order valence-electron chi connectivity index (χ4n) is 4.57. The van der Waals surface area contributed by atoms with Gasteiger partial charge < -0.3 is 18.8 Å². The number of hydrogen-bond donors (Lipinski definition) is 0. The second-order valence-electron chi connectivity index (χ2n) is 8.45. The Balaban J connectivity index is 1.86. The molecule has 1 aromatic heterocycles. The Morgan fingerprint density at radius 3 is 2.27 bits per heavy atom. The van der Waals surface area contributed by atoms with E-state index >= 15 is 0 Å². The van der Waals surface area contributed by atoms with Gasteiger partial charge in [0.1, 0.15) is 0 Å². The predicted molar refractivity (Wildman–Crippen MR) is 145 cm³/mol. The number of esters is 1. The minimum Gasteiger partial charge on any atom is -0.493 e. The fourth-order valence-corrected chi connectivity index (χ4v) is 4.94. The van der Waals surface area contributed by atoms with Crippen molar-refractivity contribution in [2.24, 2.45) is 0 Å². The number of aryl methyl sites for hydroxylation is 1. The molecule has 1 aliphatic heterocycles. The first-order valence-corrected chi connectivity index (χ1v) is 12.1. The lowest BCUT2D eigenvalue weighted by Crippen LogP contribution is -2.24. The molecular formula is C28H26Cl2N2O5. The van der Waals surface area contributed by atoms with E-state index in [2.05, 4.69) is 0 Å². The zero-order valence-electron chi connectivity index (χ0n) is 21.3. The maximum Gasteiger partial charge on any atom is 0.340 e. The van der Waals surface area contributed by atoms with Crippen LogP contribution in [0, 0.1) is 13.8 Å². The maximum atomic E-state index is 13.8. The number of amides is 1. The number of allylic oxidation sites excluding steroid dienone is 1. The number of nitrogens with zero attached hydrogens (tertiary/aromatic N) is 2. The van der Waals surface area contributed by atoms with Crippen LogP contribution in [-0.2, 0) is 14.3 Å². The Labute approximate surface area is 225 Å². The van der Waals surface area contributed by atoms with E-state index in [1.165, 1.54) is 26.2 Å². The number of methoxy groups -OCH3 is 3. The Hall–Kier alpha value is -3.68. The zero-order valence-corrected chi connectivity index (χ0v) is 22.8. The van der Waals surface area contributed by atoms with Gasteiger partial charge in [-0.1, -0.05) is 23.2 Å². The van der Waals surface area contributed by atoms with Crippen molar-refractivity contribution in [3.8, 4) is 17.2 Å². The summed E-state index contributed by atoms with van der Waals surface area (Å²) in [5.74, 6) is 0.0117. The van der Waals surface area contributed by atoms with Gasteiger partial charge in [-0.05, 0) is 68.8 Å². The van der Waals surface area contributed by atoms with Gasteiger partial charge in [-0.15, -0.1) is 0 Å². The van der Waals surface area contributed by atoms with E-state index in [4.69, 9.17) is 37.4 Å². The van der Waals surface area contributed by atoms with E-state index < -0.39 is 5.97 Å². The molecule has 0 saturated carbocycles. The quantitative estimate of drug-likeness (QED) is 0.271. The lowest BCUT2D eigenvalue weighted by atomic mass is 10.0. The van der Waals surface area contributed by atoms with Crippen LogP contribution in [0.3, 0.4) is 0 Å². The highest BCUT2D eigenvalue weighted by Gasteiger charge is 2.38. The van der Waals surface area contributed by atoms with Crippen molar-refractivity contribution in [1.82, 2.24) is 4.57 Å². The molecule has 0 aliphatic carbocycles. The highest BCUT2D eigenvalue weighted by atomic mass is 35.5. The molecule has 0 saturated heterocycles. The maximum absolute atomic E-state index is 13.8. The van der Waals surface area contributed by atoms with Gasteiger partial charge in [0.2, 0.25) is 0 Å². The van der Waals surface area contributed by atoms with Gasteiger partial charge in [-0.25, -0.2) is 4.79 Å². The smallest absolute Gasteiger partial charge is 0.340 e. The molecule has 0 spiro atoms. The summed E-state index contributed by atoms with van der Waals surface area (Å²) in [5, 5.41) is 1.09. The summed E-state index contributed by atoms with van der Waals surface area (Å²) in [4.78, 5) is 28.1. The molecule has 0 fully saturated rings. The van der Waals surface area contributed by atoms with Crippen molar-refractivity contribution in [3.05, 3.63) is 86.3 Å². The van der Waals surface area contributed by atoms with Gasteiger partial charge in [-0.2, -0.15) is 0 Å². The normalized spacial score (nSPS) is 14.5. The van der Waals surface area contributed by atoms with Crippen LogP contribution >= 0.6 is 23.2 Å². The summed E-state index contributed by atoms with van der Waals surface area (Å²) in [5.41, 5.74) is 4.57. The van der Waals surface area contributed by atoms with Crippen molar-refractivity contribution < 1.29 is 23.8 Å². The van der Waals surface area contributed by atoms with Crippen molar-refractivity contribution in [2.45, 2.75) is 20.8 Å². The summed E-state index contributed by atoms with van der Waals surface area (Å²) in [6.07, 6.45) is 1.70. The molecule has 7 nitrogen and oxygen atoms in total. The molecule has 3 aromatic rings. The molecule has 9 heteroatoms. The molecule has 2 heterocycles. The second kappa shape index (κ2) is 10.4. The SMILES string of the molecule is COC(=O)C1=C(C)N(c2ccc(OC)c(OC)c2)C(=O)/C1=C\c1cc(C)n(-c2cc(Cl)ccc2Cl)c1C. The lowest BCUT2D eigenvalue weighted by molar-refractivity contribution is -0.136. The van der Waals surface area contributed by atoms with E-state index in [0.29, 0.717) is 32.9 Å². The van der Waals surface area contributed by atoms with E-state index in [9.17, 15) is 9.59 Å². The van der Waals surface area contributed by atoms with Crippen LogP contribution in [0.25, 0.3) is 11.8 Å². The van der Waals surface area contributed by atoms with Gasteiger partial charge in [0.25, 0.3) is 5.91 Å². The van der Waals surface area contributed by atoms with Crippen LogP contribution in [0.1, 0.15) is 23.9 Å². The van der Waals surface area contributed by atoms with E-state index in [1.54, 1.807) is 49.4 Å². The number of benzene rings is 2. The summed E-state index contributed by atoms with van der Waals surface area (Å²) in [7, 11) is 4.34. The summed E-state index contributed by atoms with van der Waals surface area (Å²) in [6.45, 7) is 5.55. The molecule has 4 rings (SSSR count). The van der Waals surface area contributed by atoms with Crippen LogP contribution in [0.5, 0.6) is 11.5 Å². The number of ether oxygens (including phenoxy) is 3. The summed E-state index contributed by atoms with van der Waals surface area (Å²) in [6, 6.07) is 12.3. The van der Waals surface area contributed by atoms with E-state index in [1.807, 2.05) is 24.5 Å². The molecule has 0 bridgehead atoms. The van der Waals surface area contributed by atoms with E-state index in [0.717, 1.165) is 22.6 Å². The highest BCUT2D eigenvalue weighted by Crippen LogP contribution is 2.40. The summed E-state index contributed by atoms with van der Waals surface area (Å²) >= 11 is 12.7. The van der Waals surface area contributed by atoms with Crippen LogP contribution < -0.4 is 14.4 Å². The average Bonchev–Trinajstić information content (AvgIpc) is 3.30. The fraction of sp³-hybridized carbons (Fsp3) is 0.214. The topological polar surface area (TPSA) is 70.0 Å². The van der Waals surface area contributed by atoms with Crippen molar-refractivity contribution in [1.29, 1.82) is 0 Å². The molecule has 0 unspecified atom stereocenters. The molecule has 1 amide bonds. The Bertz CT molecular complexity index is 1490. The third-order valence-electron chi connectivity index (χ3n) is 6.33. The molecule has 1 aliphatic rings. The molecule has 192 valence electrons. The first-order valence-electron chi connectivity index (χ1n) is 11.3. The predicted octanol–water partition coefficient (Wildman–Crippen LogP) is 6.30. The van der Waals surface area contributed by atoms with Crippen LogP contribution in [0.2, 0.25) is 10.0 Å². The number of halogens is 2. The monoisotopic (exact) mass is 540 g/mol.